The van der Waals surface area contributed by atoms with Gasteiger partial charge in [-0.25, -0.2) is 0 Å². The third-order valence-electron chi connectivity index (χ3n) is 4.25. The summed E-state index contributed by atoms with van der Waals surface area (Å²) >= 11 is 0. The Kier molecular flexibility index (Phi) is 9.10. The van der Waals surface area contributed by atoms with E-state index in [4.69, 9.17) is 9.47 Å². The number of hydrogen-bond donors (Lipinski definition) is 1. The zero-order valence-electron chi connectivity index (χ0n) is 17.4. The van der Waals surface area contributed by atoms with E-state index in [0.717, 1.165) is 62.3 Å². The van der Waals surface area contributed by atoms with Crippen LogP contribution < -0.4 is 14.8 Å². The van der Waals surface area contributed by atoms with E-state index >= 15 is 0 Å². The van der Waals surface area contributed by atoms with Gasteiger partial charge in [0, 0.05) is 33.1 Å². The molecule has 1 N–H and O–H groups in total. The molecule has 0 saturated carbocycles. The summed E-state index contributed by atoms with van der Waals surface area (Å²) in [6.45, 7) is 7.86. The molecule has 8 nitrogen and oxygen atoms in total. The van der Waals surface area contributed by atoms with Crippen LogP contribution >= 0.6 is 0 Å². The minimum Gasteiger partial charge on any atom is -0.497 e. The van der Waals surface area contributed by atoms with Gasteiger partial charge in [0.15, 0.2) is 5.96 Å². The van der Waals surface area contributed by atoms with Crippen molar-refractivity contribution in [3.63, 3.8) is 0 Å². The maximum Gasteiger partial charge on any atom is 0.193 e. The summed E-state index contributed by atoms with van der Waals surface area (Å²) in [7, 11) is 3.68. The first-order valence-corrected chi connectivity index (χ1v) is 9.80. The molecule has 0 bridgehead atoms. The van der Waals surface area contributed by atoms with Crippen LogP contribution in [0.3, 0.4) is 0 Å². The third-order valence-corrected chi connectivity index (χ3v) is 4.25. The van der Waals surface area contributed by atoms with Crippen LogP contribution in [0.2, 0.25) is 0 Å². The Morgan fingerprint density at radius 3 is 2.64 bits per heavy atom. The number of benzene rings is 1. The molecule has 28 heavy (non-hydrogen) atoms. The molecule has 1 heterocycles. The highest BCUT2D eigenvalue weighted by molar-refractivity contribution is 5.79. The number of ether oxygens (including phenoxy) is 2. The van der Waals surface area contributed by atoms with E-state index in [0.29, 0.717) is 6.61 Å². The third kappa shape index (κ3) is 6.75. The highest BCUT2D eigenvalue weighted by atomic mass is 16.5. The lowest BCUT2D eigenvalue weighted by atomic mass is 10.3. The van der Waals surface area contributed by atoms with Gasteiger partial charge in [-0.2, -0.15) is 0 Å². The van der Waals surface area contributed by atoms with Gasteiger partial charge in [0.25, 0.3) is 0 Å². The minimum absolute atomic E-state index is 0.571. The van der Waals surface area contributed by atoms with Gasteiger partial charge in [-0.1, -0.05) is 13.8 Å². The lowest BCUT2D eigenvalue weighted by Gasteiger charge is -2.23. The lowest BCUT2D eigenvalue weighted by Crippen LogP contribution is -2.42. The molecular weight excluding hydrogens is 356 g/mol. The number of aryl methyl sites for hydroxylation is 1. The number of rotatable bonds is 11. The molecule has 154 valence electrons. The summed E-state index contributed by atoms with van der Waals surface area (Å²) in [6, 6.07) is 7.61. The molecule has 0 fully saturated rings. The van der Waals surface area contributed by atoms with Gasteiger partial charge >= 0.3 is 0 Å². The van der Waals surface area contributed by atoms with Crippen LogP contribution in [0.1, 0.15) is 26.1 Å². The summed E-state index contributed by atoms with van der Waals surface area (Å²) in [5.74, 6) is 3.53. The van der Waals surface area contributed by atoms with Gasteiger partial charge in [0.2, 0.25) is 0 Å². The topological polar surface area (TPSA) is 76.8 Å². The molecular formula is C20H32N6O2. The molecule has 1 aromatic carbocycles. The fraction of sp³-hybridized carbons (Fsp3) is 0.550. The van der Waals surface area contributed by atoms with Crippen molar-refractivity contribution in [3.05, 3.63) is 36.4 Å². The predicted molar refractivity (Wildman–Crippen MR) is 111 cm³/mol. The standard InChI is InChI=1S/C20H32N6O2/c1-5-11-21-20(22-12-13-26-16-23-24-19(26)6-2)25(3)14-15-28-18-9-7-17(27-4)8-10-18/h7-10,16H,5-6,11-15H2,1-4H3,(H,21,22). The molecule has 0 spiro atoms. The molecule has 0 aliphatic rings. The summed E-state index contributed by atoms with van der Waals surface area (Å²) in [4.78, 5) is 6.76. The Hall–Kier alpha value is -2.77. The summed E-state index contributed by atoms with van der Waals surface area (Å²) in [5, 5.41) is 11.5. The normalized spacial score (nSPS) is 11.4. The van der Waals surface area contributed by atoms with Crippen LogP contribution in [-0.2, 0) is 13.0 Å². The molecule has 0 saturated heterocycles. The lowest BCUT2D eigenvalue weighted by molar-refractivity contribution is 0.280. The number of likely N-dealkylation sites (N-methyl/N-ethyl adjacent to an activating group) is 1. The largest absolute Gasteiger partial charge is 0.497 e. The zero-order chi connectivity index (χ0) is 20.2. The Morgan fingerprint density at radius 2 is 1.96 bits per heavy atom. The number of methoxy groups -OCH3 is 1. The average Bonchev–Trinajstić information content (AvgIpc) is 3.18. The fourth-order valence-corrected chi connectivity index (χ4v) is 2.64. The van der Waals surface area contributed by atoms with Gasteiger partial charge in [-0.3, -0.25) is 4.99 Å². The smallest absolute Gasteiger partial charge is 0.193 e. The van der Waals surface area contributed by atoms with Crippen molar-refractivity contribution in [1.29, 1.82) is 0 Å². The Labute approximate surface area is 167 Å². The van der Waals surface area contributed by atoms with Crippen LogP contribution in [0.4, 0.5) is 0 Å². The monoisotopic (exact) mass is 388 g/mol. The summed E-state index contributed by atoms with van der Waals surface area (Å²) in [6.07, 6.45) is 3.65. The molecule has 0 aliphatic carbocycles. The summed E-state index contributed by atoms with van der Waals surface area (Å²) < 4.78 is 13.1. The second-order valence-electron chi connectivity index (χ2n) is 6.37. The van der Waals surface area contributed by atoms with E-state index < -0.39 is 0 Å². The first-order valence-electron chi connectivity index (χ1n) is 9.80. The number of nitrogens with one attached hydrogen (secondary N) is 1. The van der Waals surface area contributed by atoms with Gasteiger partial charge in [-0.15, -0.1) is 10.2 Å². The molecule has 8 heteroatoms. The molecule has 2 rings (SSSR count). The molecule has 0 atom stereocenters. The van der Waals surface area contributed by atoms with Crippen molar-refractivity contribution in [2.75, 3.05) is 40.4 Å². The van der Waals surface area contributed by atoms with Crippen LogP contribution in [0.5, 0.6) is 11.5 Å². The van der Waals surface area contributed by atoms with Crippen molar-refractivity contribution < 1.29 is 9.47 Å². The minimum atomic E-state index is 0.571. The Balaban J connectivity index is 1.81. The Morgan fingerprint density at radius 1 is 1.21 bits per heavy atom. The maximum atomic E-state index is 5.82. The quantitative estimate of drug-likeness (QED) is 0.470. The SMILES string of the molecule is CCCN=C(NCCn1cnnc1CC)N(C)CCOc1ccc(OC)cc1. The first-order chi connectivity index (χ1) is 13.7. The first kappa shape index (κ1) is 21.5. The molecule has 0 unspecified atom stereocenters. The summed E-state index contributed by atoms with van der Waals surface area (Å²) in [5.41, 5.74) is 0. The van der Waals surface area contributed by atoms with E-state index in [1.165, 1.54) is 0 Å². The van der Waals surface area contributed by atoms with E-state index in [2.05, 4.69) is 43.8 Å². The molecule has 0 aliphatic heterocycles. The van der Waals surface area contributed by atoms with Gasteiger partial charge in [0.05, 0.1) is 13.7 Å². The second-order valence-corrected chi connectivity index (χ2v) is 6.37. The van der Waals surface area contributed by atoms with Crippen LogP contribution in [0.25, 0.3) is 0 Å². The van der Waals surface area contributed by atoms with Gasteiger partial charge in [-0.05, 0) is 30.7 Å². The van der Waals surface area contributed by atoms with E-state index in [-0.39, 0.29) is 0 Å². The van der Waals surface area contributed by atoms with Crippen molar-refractivity contribution in [1.82, 2.24) is 25.0 Å². The fourth-order valence-electron chi connectivity index (χ4n) is 2.64. The second kappa shape index (κ2) is 11.8. The molecule has 0 radical (unpaired) electrons. The predicted octanol–water partition coefficient (Wildman–Crippen LogP) is 2.22. The number of guanidine groups is 1. The average molecular weight is 389 g/mol. The Bertz CT molecular complexity index is 714. The maximum absolute atomic E-state index is 5.82. The van der Waals surface area contributed by atoms with Crippen LogP contribution in [-0.4, -0.2) is 66.0 Å². The molecule has 1 aromatic heterocycles. The van der Waals surface area contributed by atoms with Crippen molar-refractivity contribution in [2.45, 2.75) is 33.2 Å². The van der Waals surface area contributed by atoms with Crippen molar-refractivity contribution in [3.8, 4) is 11.5 Å². The van der Waals surface area contributed by atoms with E-state index in [9.17, 15) is 0 Å². The van der Waals surface area contributed by atoms with Crippen molar-refractivity contribution >= 4 is 5.96 Å². The van der Waals surface area contributed by atoms with Crippen molar-refractivity contribution in [2.24, 2.45) is 4.99 Å². The molecule has 2 aromatic rings. The highest BCUT2D eigenvalue weighted by Crippen LogP contribution is 2.16. The number of aliphatic imine (C=N–C) groups is 1. The number of nitrogens with zero attached hydrogens (tertiary/aromatic N) is 5. The van der Waals surface area contributed by atoms with Crippen LogP contribution in [0.15, 0.2) is 35.6 Å². The van der Waals surface area contributed by atoms with E-state index in [1.807, 2.05) is 31.3 Å². The number of hydrogen-bond acceptors (Lipinski definition) is 5. The molecule has 0 amide bonds. The van der Waals surface area contributed by atoms with E-state index in [1.54, 1.807) is 13.4 Å². The van der Waals surface area contributed by atoms with Crippen LogP contribution in [0, 0.1) is 0 Å². The van der Waals surface area contributed by atoms with Gasteiger partial charge in [0.1, 0.15) is 30.3 Å². The highest BCUT2D eigenvalue weighted by Gasteiger charge is 2.07. The zero-order valence-corrected chi connectivity index (χ0v) is 17.4. The number of aromatic nitrogens is 3. The van der Waals surface area contributed by atoms with Gasteiger partial charge < -0.3 is 24.3 Å².